The number of carbonyl (C=O) groups is 3. The third-order valence-corrected chi connectivity index (χ3v) is 5.68. The van der Waals surface area contributed by atoms with Gasteiger partial charge in [0.05, 0.1) is 22.4 Å². The van der Waals surface area contributed by atoms with Crippen molar-refractivity contribution in [3.8, 4) is 5.75 Å². The number of hydrogen-bond acceptors (Lipinski definition) is 5. The van der Waals surface area contributed by atoms with Crippen molar-refractivity contribution in [1.82, 2.24) is 0 Å². The third-order valence-electron chi connectivity index (χ3n) is 4.77. The summed E-state index contributed by atoms with van der Waals surface area (Å²) in [5.41, 5.74) is 0.548. The molecule has 2 heterocycles. The summed E-state index contributed by atoms with van der Waals surface area (Å²) >= 11 is 1.38. The smallest absolute Gasteiger partial charge is 0.238 e. The van der Waals surface area contributed by atoms with Crippen LogP contribution in [0, 0.1) is 11.8 Å². The van der Waals surface area contributed by atoms with Crippen LogP contribution < -0.4 is 9.64 Å². The normalized spacial score (nSPS) is 21.8. The molecular weight excluding hydrogens is 350 g/mol. The summed E-state index contributed by atoms with van der Waals surface area (Å²) in [5, 5.41) is 1.85. The Hall–Kier alpha value is -2.73. The van der Waals surface area contributed by atoms with E-state index in [0.29, 0.717) is 29.2 Å². The number of ketones is 1. The molecule has 2 atom stereocenters. The molecule has 6 heteroatoms. The lowest BCUT2D eigenvalue weighted by molar-refractivity contribution is -0.122. The van der Waals surface area contributed by atoms with Gasteiger partial charge in [-0.05, 0) is 48.6 Å². The maximum atomic E-state index is 12.6. The van der Waals surface area contributed by atoms with Crippen molar-refractivity contribution in [2.24, 2.45) is 11.8 Å². The second kappa shape index (κ2) is 6.88. The Balaban J connectivity index is 1.44. The Morgan fingerprint density at radius 3 is 2.27 bits per heavy atom. The van der Waals surface area contributed by atoms with Gasteiger partial charge < -0.3 is 4.74 Å². The molecule has 26 heavy (non-hydrogen) atoms. The molecule has 0 saturated carbocycles. The number of carbonyl (C=O) groups excluding carboxylic acids is 3. The van der Waals surface area contributed by atoms with E-state index in [1.165, 1.54) is 16.2 Å². The Kier molecular flexibility index (Phi) is 4.42. The minimum Gasteiger partial charge on any atom is -0.485 e. The molecule has 0 bridgehead atoms. The minimum absolute atomic E-state index is 0.0444. The van der Waals surface area contributed by atoms with E-state index in [-0.39, 0.29) is 36.0 Å². The highest BCUT2D eigenvalue weighted by atomic mass is 32.1. The van der Waals surface area contributed by atoms with Crippen LogP contribution in [0.1, 0.15) is 22.5 Å². The second-order valence-corrected chi connectivity index (χ2v) is 7.30. The first-order valence-corrected chi connectivity index (χ1v) is 9.35. The van der Waals surface area contributed by atoms with Gasteiger partial charge in [0.1, 0.15) is 5.75 Å². The van der Waals surface area contributed by atoms with E-state index in [4.69, 9.17) is 4.74 Å². The first-order chi connectivity index (χ1) is 12.6. The summed E-state index contributed by atoms with van der Waals surface area (Å²) in [6.07, 6.45) is 5.18. The summed E-state index contributed by atoms with van der Waals surface area (Å²) in [6, 6.07) is 10.3. The second-order valence-electron chi connectivity index (χ2n) is 6.35. The van der Waals surface area contributed by atoms with Crippen LogP contribution in [0.4, 0.5) is 5.69 Å². The summed E-state index contributed by atoms with van der Waals surface area (Å²) in [4.78, 5) is 39.1. The highest BCUT2D eigenvalue weighted by Crippen LogP contribution is 2.37. The Labute approximate surface area is 154 Å². The van der Waals surface area contributed by atoms with E-state index in [1.54, 1.807) is 30.3 Å². The SMILES string of the molecule is O=C(COc1ccc(N2C(=O)C3CC=CCC3C2=O)cc1)c1cccs1. The number of ether oxygens (including phenoxy) is 1. The van der Waals surface area contributed by atoms with E-state index >= 15 is 0 Å². The molecule has 1 aliphatic heterocycles. The fraction of sp³-hybridized carbons (Fsp3) is 0.250. The van der Waals surface area contributed by atoms with Gasteiger partial charge in [0, 0.05) is 0 Å². The lowest BCUT2D eigenvalue weighted by Gasteiger charge is -2.15. The molecule has 1 saturated heterocycles. The van der Waals surface area contributed by atoms with E-state index in [0.717, 1.165) is 0 Å². The number of allylic oxidation sites excluding steroid dienone is 2. The molecular formula is C20H17NO4S. The molecule has 1 aromatic heterocycles. The van der Waals surface area contributed by atoms with Crippen molar-refractivity contribution in [3.63, 3.8) is 0 Å². The molecule has 0 spiro atoms. The lowest BCUT2D eigenvalue weighted by atomic mass is 9.85. The van der Waals surface area contributed by atoms with E-state index in [2.05, 4.69) is 0 Å². The van der Waals surface area contributed by atoms with Gasteiger partial charge in [-0.3, -0.25) is 19.3 Å². The largest absolute Gasteiger partial charge is 0.485 e. The third kappa shape index (κ3) is 2.97. The molecule has 1 aliphatic carbocycles. The molecule has 1 fully saturated rings. The highest BCUT2D eigenvalue weighted by molar-refractivity contribution is 7.12. The Bertz CT molecular complexity index is 844. The monoisotopic (exact) mass is 367 g/mol. The number of hydrogen-bond donors (Lipinski definition) is 0. The first kappa shape index (κ1) is 16.7. The number of nitrogens with zero attached hydrogens (tertiary/aromatic N) is 1. The van der Waals surface area contributed by atoms with Gasteiger partial charge in [0.25, 0.3) is 0 Å². The van der Waals surface area contributed by atoms with Gasteiger partial charge in [0.15, 0.2) is 6.61 Å². The molecule has 0 N–H and O–H groups in total. The molecule has 0 radical (unpaired) electrons. The molecule has 2 unspecified atom stereocenters. The van der Waals surface area contributed by atoms with Crippen LogP contribution in [0.2, 0.25) is 0 Å². The molecule has 2 aliphatic rings. The number of benzene rings is 1. The molecule has 5 nitrogen and oxygen atoms in total. The van der Waals surface area contributed by atoms with E-state index < -0.39 is 0 Å². The van der Waals surface area contributed by atoms with E-state index in [1.807, 2.05) is 23.6 Å². The zero-order chi connectivity index (χ0) is 18.1. The first-order valence-electron chi connectivity index (χ1n) is 8.47. The predicted octanol–water partition coefficient (Wildman–Crippen LogP) is 3.47. The maximum absolute atomic E-state index is 12.6. The van der Waals surface area contributed by atoms with Crippen molar-refractivity contribution in [2.45, 2.75) is 12.8 Å². The lowest BCUT2D eigenvalue weighted by Crippen LogP contribution is -2.30. The van der Waals surface area contributed by atoms with Crippen LogP contribution in [0.15, 0.2) is 53.9 Å². The summed E-state index contributed by atoms with van der Waals surface area (Å²) in [7, 11) is 0. The van der Waals surface area contributed by atoms with E-state index in [9.17, 15) is 14.4 Å². The fourth-order valence-electron chi connectivity index (χ4n) is 3.40. The Morgan fingerprint density at radius 1 is 1.04 bits per heavy atom. The number of anilines is 1. The number of fused-ring (bicyclic) bond motifs is 1. The summed E-state index contributed by atoms with van der Waals surface area (Å²) < 4.78 is 5.52. The number of rotatable bonds is 5. The predicted molar refractivity (Wildman–Crippen MR) is 98.4 cm³/mol. The Morgan fingerprint density at radius 2 is 1.69 bits per heavy atom. The van der Waals surface area contributed by atoms with Crippen LogP contribution >= 0.6 is 11.3 Å². The average molecular weight is 367 g/mol. The molecule has 2 amide bonds. The van der Waals surface area contributed by atoms with Crippen molar-refractivity contribution in [3.05, 3.63) is 58.8 Å². The van der Waals surface area contributed by atoms with Crippen molar-refractivity contribution >= 4 is 34.6 Å². The molecule has 4 rings (SSSR count). The van der Waals surface area contributed by atoms with Crippen LogP contribution in [-0.2, 0) is 9.59 Å². The van der Waals surface area contributed by atoms with Gasteiger partial charge in [-0.2, -0.15) is 0 Å². The van der Waals surface area contributed by atoms with Gasteiger partial charge >= 0.3 is 0 Å². The van der Waals surface area contributed by atoms with Crippen LogP contribution in [-0.4, -0.2) is 24.2 Å². The summed E-state index contributed by atoms with van der Waals surface area (Å²) in [6.45, 7) is -0.0444. The number of amides is 2. The number of thiophene rings is 1. The van der Waals surface area contributed by atoms with Crippen molar-refractivity contribution < 1.29 is 19.1 Å². The number of Topliss-reactive ketones (excluding diaryl/α,β-unsaturated/α-hetero) is 1. The highest BCUT2D eigenvalue weighted by Gasteiger charge is 2.47. The zero-order valence-electron chi connectivity index (χ0n) is 14.0. The van der Waals surface area contributed by atoms with Gasteiger partial charge in [-0.1, -0.05) is 18.2 Å². The molecule has 132 valence electrons. The maximum Gasteiger partial charge on any atom is 0.238 e. The molecule has 1 aromatic carbocycles. The van der Waals surface area contributed by atoms with Gasteiger partial charge in [0.2, 0.25) is 17.6 Å². The standard InChI is InChI=1S/C20H17NO4S/c22-17(18-6-3-11-26-18)12-25-14-9-7-13(8-10-14)21-19(23)15-4-1-2-5-16(15)20(21)24/h1-3,6-11,15-16H,4-5,12H2. The van der Waals surface area contributed by atoms with Crippen LogP contribution in [0.25, 0.3) is 0 Å². The quantitative estimate of drug-likeness (QED) is 0.461. The molecule has 2 aromatic rings. The number of imide groups is 1. The van der Waals surface area contributed by atoms with Gasteiger partial charge in [-0.25, -0.2) is 0 Å². The van der Waals surface area contributed by atoms with Crippen molar-refractivity contribution in [1.29, 1.82) is 0 Å². The van der Waals surface area contributed by atoms with Crippen LogP contribution in [0.5, 0.6) is 5.75 Å². The van der Waals surface area contributed by atoms with Crippen molar-refractivity contribution in [2.75, 3.05) is 11.5 Å². The minimum atomic E-state index is -0.244. The van der Waals surface area contributed by atoms with Crippen LogP contribution in [0.3, 0.4) is 0 Å². The average Bonchev–Trinajstić information content (AvgIpc) is 3.29. The zero-order valence-corrected chi connectivity index (χ0v) is 14.8. The topological polar surface area (TPSA) is 63.7 Å². The van der Waals surface area contributed by atoms with Gasteiger partial charge in [-0.15, -0.1) is 11.3 Å². The fourth-order valence-corrected chi connectivity index (χ4v) is 4.05. The summed E-state index contributed by atoms with van der Waals surface area (Å²) in [5.74, 6) is -0.308.